The fraction of sp³-hybridized carbons (Fsp3) is 0.500. The molecule has 0 amide bonds. The van der Waals surface area contributed by atoms with E-state index in [1.807, 2.05) is 6.07 Å². The third-order valence-electron chi connectivity index (χ3n) is 2.91. The van der Waals surface area contributed by atoms with Crippen molar-refractivity contribution in [3.05, 3.63) is 35.6 Å². The Kier molecular flexibility index (Phi) is 2.82. The van der Waals surface area contributed by atoms with Gasteiger partial charge in [0, 0.05) is 6.61 Å². The second-order valence-electron chi connectivity index (χ2n) is 4.11. The molecule has 1 aromatic carbocycles. The lowest BCUT2D eigenvalue weighted by Crippen LogP contribution is -2.11. The van der Waals surface area contributed by atoms with Crippen LogP contribution in [0.2, 0.25) is 0 Å². The van der Waals surface area contributed by atoms with Crippen molar-refractivity contribution in [1.29, 1.82) is 0 Å². The van der Waals surface area contributed by atoms with Gasteiger partial charge in [0.05, 0.1) is 0 Å². The Balaban J connectivity index is 2.01. The minimum atomic E-state index is -0.185. The zero-order valence-electron chi connectivity index (χ0n) is 8.12. The number of aliphatic hydroxyl groups is 1. The van der Waals surface area contributed by atoms with E-state index in [0.29, 0.717) is 11.8 Å². The summed E-state index contributed by atoms with van der Waals surface area (Å²) in [5.74, 6) is 0.815. The van der Waals surface area contributed by atoms with Crippen LogP contribution in [-0.2, 0) is 6.42 Å². The molecule has 1 aromatic rings. The van der Waals surface area contributed by atoms with Gasteiger partial charge in [0.1, 0.15) is 5.82 Å². The molecule has 76 valence electrons. The lowest BCUT2D eigenvalue weighted by Gasteiger charge is -2.12. The summed E-state index contributed by atoms with van der Waals surface area (Å²) in [6.45, 7) is 0.223. The smallest absolute Gasteiger partial charge is 0.123 e. The molecule has 0 spiro atoms. The number of hydrogen-bond acceptors (Lipinski definition) is 1. The Bertz CT molecular complexity index is 307. The first kappa shape index (κ1) is 9.66. The first-order valence-electron chi connectivity index (χ1n) is 5.15. The van der Waals surface area contributed by atoms with E-state index in [1.54, 1.807) is 12.1 Å². The van der Waals surface area contributed by atoms with E-state index in [-0.39, 0.29) is 12.4 Å². The Morgan fingerprint density at radius 1 is 1.43 bits per heavy atom. The van der Waals surface area contributed by atoms with Crippen LogP contribution in [0, 0.1) is 17.7 Å². The second-order valence-corrected chi connectivity index (χ2v) is 4.11. The minimum Gasteiger partial charge on any atom is -0.396 e. The number of rotatable bonds is 4. The number of hydrogen-bond donors (Lipinski definition) is 1. The molecule has 1 aliphatic rings. The van der Waals surface area contributed by atoms with E-state index in [4.69, 9.17) is 0 Å². The van der Waals surface area contributed by atoms with Gasteiger partial charge in [-0.3, -0.25) is 0 Å². The first-order valence-corrected chi connectivity index (χ1v) is 5.15. The van der Waals surface area contributed by atoms with Gasteiger partial charge in [0.15, 0.2) is 0 Å². The third-order valence-corrected chi connectivity index (χ3v) is 2.91. The normalized spacial score (nSPS) is 18.1. The predicted octanol–water partition coefficient (Wildman–Crippen LogP) is 2.39. The van der Waals surface area contributed by atoms with Crippen molar-refractivity contribution in [3.63, 3.8) is 0 Å². The number of halogens is 1. The van der Waals surface area contributed by atoms with Gasteiger partial charge in [-0.1, -0.05) is 12.1 Å². The van der Waals surface area contributed by atoms with Crippen molar-refractivity contribution in [2.75, 3.05) is 6.61 Å². The fourth-order valence-electron chi connectivity index (χ4n) is 1.91. The molecule has 0 radical (unpaired) electrons. The highest BCUT2D eigenvalue weighted by Gasteiger charge is 2.30. The maximum absolute atomic E-state index is 12.9. The molecule has 1 unspecified atom stereocenters. The van der Waals surface area contributed by atoms with Crippen LogP contribution in [0.3, 0.4) is 0 Å². The molecule has 2 rings (SSSR count). The molecular weight excluding hydrogens is 179 g/mol. The molecule has 1 nitrogen and oxygen atoms in total. The van der Waals surface area contributed by atoms with Gasteiger partial charge in [-0.2, -0.15) is 0 Å². The minimum absolute atomic E-state index is 0.185. The van der Waals surface area contributed by atoms with Crippen molar-refractivity contribution in [2.45, 2.75) is 19.3 Å². The summed E-state index contributed by atoms with van der Waals surface area (Å²) in [5, 5.41) is 9.17. The maximum Gasteiger partial charge on any atom is 0.123 e. The van der Waals surface area contributed by atoms with E-state index < -0.39 is 0 Å². The highest BCUT2D eigenvalue weighted by atomic mass is 19.1. The summed E-state index contributed by atoms with van der Waals surface area (Å²) in [4.78, 5) is 0. The SMILES string of the molecule is OCC(Cc1cccc(F)c1)C1CC1. The number of aliphatic hydroxyl groups excluding tert-OH is 1. The van der Waals surface area contributed by atoms with Crippen molar-refractivity contribution in [1.82, 2.24) is 0 Å². The molecule has 0 saturated heterocycles. The van der Waals surface area contributed by atoms with Crippen LogP contribution >= 0.6 is 0 Å². The Morgan fingerprint density at radius 3 is 2.79 bits per heavy atom. The summed E-state index contributed by atoms with van der Waals surface area (Å²) in [6.07, 6.45) is 3.25. The van der Waals surface area contributed by atoms with E-state index in [1.165, 1.54) is 18.9 Å². The molecule has 2 heteroatoms. The van der Waals surface area contributed by atoms with Gasteiger partial charge >= 0.3 is 0 Å². The van der Waals surface area contributed by atoms with Crippen molar-refractivity contribution in [3.8, 4) is 0 Å². The second kappa shape index (κ2) is 4.09. The summed E-state index contributed by atoms with van der Waals surface area (Å²) in [5.41, 5.74) is 0.996. The quantitative estimate of drug-likeness (QED) is 0.780. The third kappa shape index (κ3) is 2.32. The topological polar surface area (TPSA) is 20.2 Å². The van der Waals surface area contributed by atoms with Crippen molar-refractivity contribution < 1.29 is 9.50 Å². The van der Waals surface area contributed by atoms with Crippen molar-refractivity contribution in [2.24, 2.45) is 11.8 Å². The molecule has 1 aliphatic carbocycles. The van der Waals surface area contributed by atoms with E-state index in [2.05, 4.69) is 0 Å². The average Bonchev–Trinajstić information content (AvgIpc) is 2.97. The Labute approximate surface area is 83.6 Å². The van der Waals surface area contributed by atoms with Crippen LogP contribution in [0.5, 0.6) is 0 Å². The van der Waals surface area contributed by atoms with Gasteiger partial charge in [-0.15, -0.1) is 0 Å². The average molecular weight is 194 g/mol. The fourth-order valence-corrected chi connectivity index (χ4v) is 1.91. The van der Waals surface area contributed by atoms with Gasteiger partial charge in [-0.05, 0) is 48.8 Å². The van der Waals surface area contributed by atoms with E-state index >= 15 is 0 Å². The zero-order chi connectivity index (χ0) is 9.97. The molecule has 1 saturated carbocycles. The summed E-state index contributed by atoms with van der Waals surface area (Å²) >= 11 is 0. The summed E-state index contributed by atoms with van der Waals surface area (Å²) in [7, 11) is 0. The molecule has 1 atom stereocenters. The molecule has 0 aromatic heterocycles. The molecule has 0 bridgehead atoms. The predicted molar refractivity (Wildman–Crippen MR) is 53.4 cm³/mol. The van der Waals surface area contributed by atoms with Crippen molar-refractivity contribution >= 4 is 0 Å². The van der Waals surface area contributed by atoms with Gasteiger partial charge in [0.2, 0.25) is 0 Å². The lowest BCUT2D eigenvalue weighted by molar-refractivity contribution is 0.209. The summed E-state index contributed by atoms with van der Waals surface area (Å²) < 4.78 is 12.9. The molecule has 1 N–H and O–H groups in total. The van der Waals surface area contributed by atoms with Gasteiger partial charge in [-0.25, -0.2) is 4.39 Å². The maximum atomic E-state index is 12.9. The first-order chi connectivity index (χ1) is 6.79. The van der Waals surface area contributed by atoms with Crippen LogP contribution in [-0.4, -0.2) is 11.7 Å². The van der Waals surface area contributed by atoms with Crippen LogP contribution < -0.4 is 0 Å². The lowest BCUT2D eigenvalue weighted by atomic mass is 9.96. The molecule has 0 heterocycles. The van der Waals surface area contributed by atoms with Crippen LogP contribution in [0.15, 0.2) is 24.3 Å². The highest BCUT2D eigenvalue weighted by molar-refractivity contribution is 5.17. The molecule has 1 fully saturated rings. The van der Waals surface area contributed by atoms with Crippen LogP contribution in [0.25, 0.3) is 0 Å². The molecule has 14 heavy (non-hydrogen) atoms. The van der Waals surface area contributed by atoms with E-state index in [9.17, 15) is 9.50 Å². The summed E-state index contributed by atoms with van der Waals surface area (Å²) in [6, 6.07) is 6.67. The zero-order valence-corrected chi connectivity index (χ0v) is 8.12. The standard InChI is InChI=1S/C12H15FO/c13-12-3-1-2-9(7-12)6-11(8-14)10-4-5-10/h1-3,7,10-11,14H,4-6,8H2. The van der Waals surface area contributed by atoms with Crippen LogP contribution in [0.1, 0.15) is 18.4 Å². The number of benzene rings is 1. The largest absolute Gasteiger partial charge is 0.396 e. The van der Waals surface area contributed by atoms with Gasteiger partial charge in [0.25, 0.3) is 0 Å². The molecule has 0 aliphatic heterocycles. The monoisotopic (exact) mass is 194 g/mol. The van der Waals surface area contributed by atoms with Gasteiger partial charge < -0.3 is 5.11 Å². The Hall–Kier alpha value is -0.890. The molecular formula is C12H15FO. The Morgan fingerprint density at radius 2 is 2.21 bits per heavy atom. The van der Waals surface area contributed by atoms with E-state index in [0.717, 1.165) is 12.0 Å². The highest BCUT2D eigenvalue weighted by Crippen LogP contribution is 2.38. The van der Waals surface area contributed by atoms with Crippen LogP contribution in [0.4, 0.5) is 4.39 Å².